The number of nitrogens with zero attached hydrogens (tertiary/aromatic N) is 6. The van der Waals surface area contributed by atoms with Gasteiger partial charge in [0.2, 0.25) is 0 Å². The predicted octanol–water partition coefficient (Wildman–Crippen LogP) is 13.4. The molecule has 5 spiro atoms. The fourth-order valence-corrected chi connectivity index (χ4v) is 29.5. The van der Waals surface area contributed by atoms with Gasteiger partial charge < -0.3 is 29.0 Å². The number of hydrogen-bond acceptors (Lipinski definition) is 19. The number of ether oxygens (including phenoxy) is 5. The number of benzene rings is 3. The lowest BCUT2D eigenvalue weighted by Crippen LogP contribution is -2.51. The van der Waals surface area contributed by atoms with Crippen LogP contribution >= 0.6 is 23.5 Å². The van der Waals surface area contributed by atoms with E-state index in [9.17, 15) is 24.0 Å². The molecule has 17 nitrogen and oxygen atoms in total. The van der Waals surface area contributed by atoms with E-state index in [4.69, 9.17) is 23.7 Å². The number of likely N-dealkylation sites (tertiary alicyclic amines) is 1. The molecule has 0 radical (unpaired) electrons. The van der Waals surface area contributed by atoms with Gasteiger partial charge in [-0.05, 0) is 224 Å². The number of rotatable bonds is 9. The van der Waals surface area contributed by atoms with Crippen molar-refractivity contribution in [3.63, 3.8) is 0 Å². The van der Waals surface area contributed by atoms with Crippen molar-refractivity contribution in [3.05, 3.63) is 173 Å². The Balaban J connectivity index is 0.0000000892. The van der Waals surface area contributed by atoms with Crippen LogP contribution in [0.25, 0.3) is 5.57 Å². The Labute approximate surface area is 669 Å². The number of hydrogen-bond donors (Lipinski definition) is 1. The monoisotopic (exact) mass is 1550 g/mol. The second-order valence-corrected chi connectivity index (χ2v) is 39.5. The van der Waals surface area contributed by atoms with Crippen LogP contribution in [0.15, 0.2) is 171 Å². The van der Waals surface area contributed by atoms with Gasteiger partial charge in [0.15, 0.2) is 28.0 Å². The topological polar surface area (TPSA) is 163 Å². The molecule has 16 aliphatic heterocycles. The van der Waals surface area contributed by atoms with Gasteiger partial charge in [-0.1, -0.05) is 118 Å². The van der Waals surface area contributed by atoms with Gasteiger partial charge in [0, 0.05) is 137 Å². The van der Waals surface area contributed by atoms with Crippen LogP contribution in [0.2, 0.25) is 0 Å². The van der Waals surface area contributed by atoms with Crippen LogP contribution in [0.4, 0.5) is 0 Å². The summed E-state index contributed by atoms with van der Waals surface area (Å²) in [6.45, 7) is 11.7. The minimum atomic E-state index is -0.298. The van der Waals surface area contributed by atoms with Crippen molar-refractivity contribution in [1.29, 1.82) is 0 Å². The molecule has 6 aliphatic carbocycles. The van der Waals surface area contributed by atoms with Crippen molar-refractivity contribution in [1.82, 2.24) is 34.7 Å². The molecule has 20 atom stereocenters. The standard InChI is InChI=1S/C24H28N2O2.2C19H21NO2S.C18H26N2O2.C13H15NO2/c27-23-14-18-13-20(21-15-24(18,28-23)22-7-3-4-12-26(21)22)25-11-10-17-9-8-16-5-1-2-6-19(16)17;2*21-18-11-13-10-16(23-14-6-2-1-3-7-14)15-12-19(13,22-18)17-8-4-5-9-20(15)17;1-12-5-7-19(11-12)14-8-13-9-17(21)22-18(13)10-15(14)20-6-3-2-4-16(18)20;15-12-7-9-4-5-10-8-13(9,16-12)11-3-1-2-6-14(10)11/h1-2,5-6,9,14,20-22,25H,3-4,7-8,10-13,15H2;2*1-3,6-7,11,15-17H,4-5,8-10,12H2;9,12,14-16H,2-8,10-11H2,1H3;4-5,7,10-11H,1-3,6,8H2. The molecular formula is C93H111N7O10S2. The van der Waals surface area contributed by atoms with E-state index in [-0.39, 0.29) is 57.9 Å². The molecular weight excluding hydrogens is 1440 g/mol. The summed E-state index contributed by atoms with van der Waals surface area (Å²) < 4.78 is 29.5. The van der Waals surface area contributed by atoms with Crippen LogP contribution in [0.3, 0.4) is 0 Å². The van der Waals surface area contributed by atoms with Crippen LogP contribution in [0, 0.1) is 5.92 Å². The van der Waals surface area contributed by atoms with Crippen molar-refractivity contribution in [3.8, 4) is 0 Å². The maximum atomic E-state index is 12.1. The zero-order chi connectivity index (χ0) is 75.2. The third kappa shape index (κ3) is 12.2. The molecule has 3 aromatic carbocycles. The highest BCUT2D eigenvalue weighted by atomic mass is 32.2. The molecule has 112 heavy (non-hydrogen) atoms. The average molecular weight is 1550 g/mol. The molecule has 15 fully saturated rings. The van der Waals surface area contributed by atoms with E-state index >= 15 is 0 Å². The van der Waals surface area contributed by atoms with Crippen LogP contribution in [-0.2, 0) is 54.1 Å². The molecule has 19 heteroatoms. The maximum absolute atomic E-state index is 12.1. The maximum Gasteiger partial charge on any atom is 0.332 e. The number of piperidine rings is 5. The molecule has 10 bridgehead atoms. The van der Waals surface area contributed by atoms with Crippen LogP contribution in [0.5, 0.6) is 0 Å². The highest BCUT2D eigenvalue weighted by Gasteiger charge is 2.69. The Morgan fingerprint density at radius 3 is 1.39 bits per heavy atom. The summed E-state index contributed by atoms with van der Waals surface area (Å²) in [6, 6.07) is 35.9. The molecule has 590 valence electrons. The number of carbonyl (C=O) groups is 5. The van der Waals surface area contributed by atoms with Gasteiger partial charge in [0.05, 0.1) is 30.2 Å². The minimum Gasteiger partial charge on any atom is -0.450 e. The number of carbonyl (C=O) groups excluding carboxylic acids is 5. The van der Waals surface area contributed by atoms with Crippen molar-refractivity contribution in [2.45, 2.75) is 301 Å². The third-order valence-electron chi connectivity index (χ3n) is 31.3. The normalized spacial score (nSPS) is 40.7. The molecule has 11 saturated heterocycles. The molecule has 16 heterocycles. The highest BCUT2D eigenvalue weighted by molar-refractivity contribution is 8.00. The summed E-state index contributed by atoms with van der Waals surface area (Å²) in [5.41, 5.74) is 9.19. The van der Waals surface area contributed by atoms with Gasteiger partial charge in [-0.25, -0.2) is 24.0 Å². The fraction of sp³-hybridized carbons (Fsp3) is 0.602. The van der Waals surface area contributed by atoms with E-state index in [0.29, 0.717) is 83.0 Å². The first-order valence-electron chi connectivity index (χ1n) is 43.6. The molecule has 1 N–H and O–H groups in total. The Morgan fingerprint density at radius 2 is 0.866 bits per heavy atom. The van der Waals surface area contributed by atoms with Crippen LogP contribution < -0.4 is 5.32 Å². The zero-order valence-electron chi connectivity index (χ0n) is 65.2. The molecule has 0 aromatic heterocycles. The van der Waals surface area contributed by atoms with E-state index in [0.717, 1.165) is 121 Å². The van der Waals surface area contributed by atoms with Crippen LogP contribution in [-0.4, -0.2) is 223 Å². The minimum absolute atomic E-state index is 0.0865. The number of nitrogens with one attached hydrogen (secondary N) is 1. The summed E-state index contributed by atoms with van der Waals surface area (Å²) in [4.78, 5) is 78.3. The fourth-order valence-electron chi connectivity index (χ4n) is 26.8. The van der Waals surface area contributed by atoms with Crippen molar-refractivity contribution in [2.24, 2.45) is 5.92 Å². The SMILES string of the molecule is CC1CCN(C2CC3=CC(=O)OC34CC2N2CCCCC24)C1.O=C1C=C2C=CC3CC2(O1)C1CCCCN31.O=C1C=C2CC(NCCC3=CCc4ccccc43)C3CC2(O1)C1CCCCN31.O=C1C=C2CC(Sc3ccccc3)C3CC2(O1)C1CCCCN31.O=C1C=C2CC(Sc3ccccc3)C3CC2(O1)C1CCCCN31. The van der Waals surface area contributed by atoms with Crippen molar-refractivity contribution >= 4 is 58.9 Å². The quantitative estimate of drug-likeness (QED) is 0.159. The molecule has 0 amide bonds. The Hall–Kier alpha value is -6.39. The van der Waals surface area contributed by atoms with Gasteiger partial charge in [-0.3, -0.25) is 29.4 Å². The Morgan fingerprint density at radius 1 is 0.429 bits per heavy atom. The Bertz CT molecular complexity index is 4370. The van der Waals surface area contributed by atoms with E-state index in [1.807, 2.05) is 29.6 Å². The molecule has 20 unspecified atom stereocenters. The van der Waals surface area contributed by atoms with Crippen LogP contribution in [0.1, 0.15) is 185 Å². The molecule has 25 rings (SSSR count). The summed E-state index contributed by atoms with van der Waals surface area (Å²) in [5, 5.41) is 4.92. The lowest BCUT2D eigenvalue weighted by atomic mass is 9.75. The molecule has 3 aromatic rings. The lowest BCUT2D eigenvalue weighted by molar-refractivity contribution is -0.149. The first-order chi connectivity index (χ1) is 54.7. The van der Waals surface area contributed by atoms with Crippen molar-refractivity contribution < 1.29 is 47.7 Å². The second-order valence-electron chi connectivity index (χ2n) is 36.9. The number of allylic oxidation sites excluding steroid dienone is 1. The van der Waals surface area contributed by atoms with Gasteiger partial charge in [-0.2, -0.15) is 0 Å². The zero-order valence-corrected chi connectivity index (χ0v) is 66.8. The smallest absolute Gasteiger partial charge is 0.332 e. The van der Waals surface area contributed by atoms with Gasteiger partial charge in [-0.15, -0.1) is 23.5 Å². The molecule has 4 saturated carbocycles. The highest BCUT2D eigenvalue weighted by Crippen LogP contribution is 2.61. The Kier molecular flexibility index (Phi) is 19.0. The number of thioether (sulfide) groups is 2. The van der Waals surface area contributed by atoms with E-state index in [1.54, 1.807) is 24.3 Å². The first-order valence-corrected chi connectivity index (χ1v) is 45.4. The van der Waals surface area contributed by atoms with Gasteiger partial charge >= 0.3 is 29.8 Å². The second kappa shape index (κ2) is 29.1. The molecule has 22 aliphatic rings. The number of fused-ring (bicyclic) bond motifs is 16. The van der Waals surface area contributed by atoms with E-state index < -0.39 is 0 Å². The van der Waals surface area contributed by atoms with E-state index in [1.165, 1.54) is 165 Å². The predicted molar refractivity (Wildman–Crippen MR) is 432 cm³/mol. The largest absolute Gasteiger partial charge is 0.450 e. The summed E-state index contributed by atoms with van der Waals surface area (Å²) in [6.07, 6.45) is 46.7. The van der Waals surface area contributed by atoms with E-state index in [2.05, 4.69) is 145 Å². The summed E-state index contributed by atoms with van der Waals surface area (Å²) >= 11 is 3.95. The van der Waals surface area contributed by atoms with Gasteiger partial charge in [0.25, 0.3) is 0 Å². The van der Waals surface area contributed by atoms with Gasteiger partial charge in [0.1, 0.15) is 0 Å². The van der Waals surface area contributed by atoms with Crippen molar-refractivity contribution in [2.75, 3.05) is 52.4 Å². The number of esters is 5. The average Bonchev–Trinajstić information content (AvgIpc) is 1.59. The summed E-state index contributed by atoms with van der Waals surface area (Å²) in [7, 11) is 0. The third-order valence-corrected chi connectivity index (χ3v) is 34.0. The summed E-state index contributed by atoms with van der Waals surface area (Å²) in [5.74, 6) is 0.243. The lowest BCUT2D eigenvalue weighted by Gasteiger charge is -2.40. The first kappa shape index (κ1) is 73.2.